The lowest BCUT2D eigenvalue weighted by Crippen LogP contribution is -2.42. The van der Waals surface area contributed by atoms with Gasteiger partial charge in [-0.25, -0.2) is 0 Å². The Morgan fingerprint density at radius 2 is 1.49 bits per heavy atom. The van der Waals surface area contributed by atoms with Crippen LogP contribution in [0.25, 0.3) is 10.9 Å². The largest absolute Gasteiger partial charge is 0.379 e. The predicted octanol–water partition coefficient (Wildman–Crippen LogP) is 5.50. The van der Waals surface area contributed by atoms with Crippen LogP contribution >= 0.6 is 0 Å². The van der Waals surface area contributed by atoms with Crippen molar-refractivity contribution in [3.8, 4) is 0 Å². The number of aryl methyl sites for hydroxylation is 1. The zero-order valence-corrected chi connectivity index (χ0v) is 33.1. The van der Waals surface area contributed by atoms with Crippen LogP contribution in [-0.2, 0) is 36.8 Å². The average molecular weight is 761 g/mol. The van der Waals surface area contributed by atoms with Crippen LogP contribution in [0.15, 0.2) is 54.6 Å². The molecule has 2 aromatic carbocycles. The quantitative estimate of drug-likeness (QED) is 0.0832. The molecule has 55 heavy (non-hydrogen) atoms. The van der Waals surface area contributed by atoms with E-state index in [1.165, 1.54) is 5.56 Å². The Kier molecular flexibility index (Phi) is 19.2. The average Bonchev–Trinajstić information content (AvgIpc) is 3.57. The zero-order valence-electron chi connectivity index (χ0n) is 33.1. The van der Waals surface area contributed by atoms with Crippen molar-refractivity contribution in [2.45, 2.75) is 103 Å². The number of amides is 4. The van der Waals surface area contributed by atoms with Crippen LogP contribution in [0.2, 0.25) is 0 Å². The molecular formula is C43H64N6O6. The molecule has 1 aromatic heterocycles. The Labute approximate surface area is 327 Å². The van der Waals surface area contributed by atoms with Gasteiger partial charge in [0.05, 0.1) is 26.4 Å². The van der Waals surface area contributed by atoms with Gasteiger partial charge in [0.2, 0.25) is 17.7 Å². The van der Waals surface area contributed by atoms with E-state index in [0.29, 0.717) is 64.7 Å². The number of hydrogen-bond acceptors (Lipinski definition) is 7. The number of para-hydroxylation sites is 1. The van der Waals surface area contributed by atoms with E-state index in [0.717, 1.165) is 87.2 Å². The zero-order chi connectivity index (χ0) is 39.3. The highest BCUT2D eigenvalue weighted by Crippen LogP contribution is 2.26. The predicted molar refractivity (Wildman–Crippen MR) is 218 cm³/mol. The summed E-state index contributed by atoms with van der Waals surface area (Å²) in [6, 6.07) is 17.7. The van der Waals surface area contributed by atoms with Crippen LogP contribution in [0.1, 0.15) is 101 Å². The molecule has 302 valence electrons. The number of aromatic nitrogens is 1. The third kappa shape index (κ3) is 14.4. The molecule has 1 heterocycles. The van der Waals surface area contributed by atoms with Crippen LogP contribution < -0.4 is 26.6 Å². The number of benzene rings is 2. The van der Waals surface area contributed by atoms with Crippen molar-refractivity contribution in [1.82, 2.24) is 20.5 Å². The maximum absolute atomic E-state index is 13.7. The molecule has 0 saturated heterocycles. The van der Waals surface area contributed by atoms with Gasteiger partial charge in [0.15, 0.2) is 0 Å². The van der Waals surface area contributed by atoms with Crippen LogP contribution in [-0.4, -0.2) is 86.8 Å². The Hall–Kier alpha value is -4.26. The van der Waals surface area contributed by atoms with E-state index in [4.69, 9.17) is 15.2 Å². The van der Waals surface area contributed by atoms with E-state index in [-0.39, 0.29) is 42.1 Å². The second-order valence-corrected chi connectivity index (χ2v) is 14.4. The van der Waals surface area contributed by atoms with E-state index in [9.17, 15) is 19.2 Å². The number of carbonyl (C=O) groups is 4. The summed E-state index contributed by atoms with van der Waals surface area (Å²) in [7, 11) is 0. The number of ether oxygens (including phenoxy) is 2. The van der Waals surface area contributed by atoms with Crippen molar-refractivity contribution < 1.29 is 28.7 Å². The van der Waals surface area contributed by atoms with E-state index in [1.54, 1.807) is 4.90 Å². The highest BCUT2D eigenvalue weighted by molar-refractivity contribution is 6.01. The first-order valence-electron chi connectivity index (χ1n) is 20.5. The van der Waals surface area contributed by atoms with Gasteiger partial charge in [-0.15, -0.1) is 0 Å². The van der Waals surface area contributed by atoms with Crippen LogP contribution in [0, 0.1) is 5.92 Å². The van der Waals surface area contributed by atoms with Gasteiger partial charge < -0.3 is 40.6 Å². The summed E-state index contributed by atoms with van der Waals surface area (Å²) in [4.78, 5) is 54.1. The summed E-state index contributed by atoms with van der Waals surface area (Å²) < 4.78 is 12.5. The number of anilines is 1. The van der Waals surface area contributed by atoms with Gasteiger partial charge in [-0.1, -0.05) is 62.9 Å². The molecule has 0 unspecified atom stereocenters. The number of fused-ring (bicyclic) bond motifs is 1. The van der Waals surface area contributed by atoms with Crippen molar-refractivity contribution in [1.29, 1.82) is 0 Å². The maximum Gasteiger partial charge on any atom is 0.268 e. The Bertz CT molecular complexity index is 1630. The third-order valence-corrected chi connectivity index (χ3v) is 10.4. The van der Waals surface area contributed by atoms with Gasteiger partial charge in [-0.2, -0.15) is 0 Å². The monoisotopic (exact) mass is 760 g/mol. The topological polar surface area (TPSA) is 157 Å². The van der Waals surface area contributed by atoms with Gasteiger partial charge in [0.1, 0.15) is 12.2 Å². The molecule has 1 aliphatic rings. The number of rotatable bonds is 25. The van der Waals surface area contributed by atoms with Gasteiger partial charge >= 0.3 is 0 Å². The van der Waals surface area contributed by atoms with E-state index in [1.807, 2.05) is 54.0 Å². The Morgan fingerprint density at radius 3 is 2.20 bits per heavy atom. The molecule has 4 amide bonds. The first kappa shape index (κ1) is 43.5. The van der Waals surface area contributed by atoms with Gasteiger partial charge in [0.25, 0.3) is 5.91 Å². The van der Waals surface area contributed by atoms with E-state index in [2.05, 4.69) is 35.0 Å². The van der Waals surface area contributed by atoms with Crippen LogP contribution in [0.5, 0.6) is 0 Å². The summed E-state index contributed by atoms with van der Waals surface area (Å²) in [5, 5.41) is 10.2. The number of nitrogens with one attached hydrogen (secondary N) is 3. The molecule has 4 rings (SSSR count). The number of likely N-dealkylation sites (N-methyl/N-ethyl adjacent to an activating group) is 1. The second-order valence-electron chi connectivity index (χ2n) is 14.4. The molecule has 0 atom stereocenters. The molecular weight excluding hydrogens is 697 g/mol. The smallest absolute Gasteiger partial charge is 0.268 e. The second kappa shape index (κ2) is 24.3. The first-order chi connectivity index (χ1) is 26.8. The SMILES string of the molecule is CCc1cccc(N(CC)C(=O)Cn2c(C(=O)N[C@H]3CC[C@H](C(=O)NCCCCCCCCNC(=O)CCOCCOCCN)CC3)cc3ccccc32)c1. The van der Waals surface area contributed by atoms with Gasteiger partial charge in [-0.05, 0) is 81.7 Å². The molecule has 1 aliphatic carbocycles. The summed E-state index contributed by atoms with van der Waals surface area (Å²) in [5.41, 5.74) is 8.71. The van der Waals surface area contributed by atoms with Crippen molar-refractivity contribution in [3.63, 3.8) is 0 Å². The normalized spacial score (nSPS) is 15.5. The third-order valence-electron chi connectivity index (χ3n) is 10.4. The van der Waals surface area contributed by atoms with Crippen molar-refractivity contribution >= 4 is 40.2 Å². The number of nitrogens with two attached hydrogens (primary N) is 1. The summed E-state index contributed by atoms with van der Waals surface area (Å²) in [6.07, 6.45) is 10.4. The molecule has 3 aromatic rings. The minimum Gasteiger partial charge on any atom is -0.379 e. The molecule has 0 radical (unpaired) electrons. The van der Waals surface area contributed by atoms with E-state index < -0.39 is 0 Å². The lowest BCUT2D eigenvalue weighted by Gasteiger charge is -2.28. The van der Waals surface area contributed by atoms with Gasteiger partial charge in [-0.3, -0.25) is 19.2 Å². The lowest BCUT2D eigenvalue weighted by atomic mass is 9.85. The number of hydrogen-bond donors (Lipinski definition) is 4. The maximum atomic E-state index is 13.7. The summed E-state index contributed by atoms with van der Waals surface area (Å²) in [5.74, 6) is -0.194. The van der Waals surface area contributed by atoms with E-state index >= 15 is 0 Å². The number of carbonyl (C=O) groups excluding carboxylic acids is 4. The van der Waals surface area contributed by atoms with Crippen molar-refractivity contribution in [2.24, 2.45) is 11.7 Å². The molecule has 0 bridgehead atoms. The van der Waals surface area contributed by atoms with Gasteiger partial charge in [0, 0.05) is 61.1 Å². The molecule has 1 saturated carbocycles. The van der Waals surface area contributed by atoms with Crippen molar-refractivity contribution in [3.05, 3.63) is 65.9 Å². The van der Waals surface area contributed by atoms with Crippen molar-refractivity contribution in [2.75, 3.05) is 57.5 Å². The molecule has 1 fully saturated rings. The summed E-state index contributed by atoms with van der Waals surface area (Å²) in [6.45, 7) is 8.36. The first-order valence-corrected chi connectivity index (χ1v) is 20.5. The Balaban J connectivity index is 1.11. The highest BCUT2D eigenvalue weighted by Gasteiger charge is 2.28. The highest BCUT2D eigenvalue weighted by atomic mass is 16.5. The van der Waals surface area contributed by atoms with Crippen LogP contribution in [0.3, 0.4) is 0 Å². The Morgan fingerprint density at radius 1 is 0.800 bits per heavy atom. The minimum absolute atomic E-state index is 0.00903. The molecule has 12 heteroatoms. The fourth-order valence-corrected chi connectivity index (χ4v) is 7.20. The molecule has 12 nitrogen and oxygen atoms in total. The minimum atomic E-state index is -0.195. The molecule has 0 aliphatic heterocycles. The molecule has 0 spiro atoms. The lowest BCUT2D eigenvalue weighted by molar-refractivity contribution is -0.126. The number of unbranched alkanes of at least 4 members (excludes halogenated alkanes) is 5. The fraction of sp³-hybridized carbons (Fsp3) is 0.581. The standard InChI is InChI=1S/C43H64N6O6/c1-3-33-14-13-16-37(30-33)48(4-2)41(51)32-49-38-17-10-9-15-35(38)31-39(49)43(53)47-36-20-18-34(19-21-36)42(52)46-25-12-8-6-5-7-11-24-45-40(50)22-26-54-28-29-55-27-23-44/h9-10,13-17,30-31,34,36H,3-8,11-12,18-29,32,44H2,1-2H3,(H,45,50)(H,46,52)(H,47,53)/t34-,36-. The number of nitrogens with zero attached hydrogens (tertiary/aromatic N) is 2. The van der Waals surface area contributed by atoms with Crippen LogP contribution in [0.4, 0.5) is 5.69 Å². The fourth-order valence-electron chi connectivity index (χ4n) is 7.20. The molecule has 5 N–H and O–H groups in total. The summed E-state index contributed by atoms with van der Waals surface area (Å²) >= 11 is 0.